The SMILES string of the molecule is COc1ccc([C@]2(CCN(Cc3ccc(C4=CCC(CN5CCN(C(=O)c6ccc7c(c6)n(C)c(=O)n7C6CCC(=O)NC6=O)CC5)CC4)cc3)CC3(C(F)(F)F)CCC3)CCOC(C)(C)C2)cc1. The van der Waals surface area contributed by atoms with Gasteiger partial charge in [-0.2, -0.15) is 13.2 Å². The Bertz CT molecular complexity index is 2630. The lowest BCUT2D eigenvalue weighted by atomic mass is 9.66. The second-order valence-corrected chi connectivity index (χ2v) is 21.2. The first-order valence-corrected chi connectivity index (χ1v) is 24.9. The number of ether oxygens (including phenoxy) is 2. The topological polar surface area (TPSA) is 118 Å². The number of hydrogen-bond acceptors (Lipinski definition) is 8. The molecular weight excluding hydrogens is 886 g/mol. The fourth-order valence-corrected chi connectivity index (χ4v) is 12.0. The van der Waals surface area contributed by atoms with Crippen molar-refractivity contribution in [2.75, 3.05) is 59.5 Å². The fraction of sp³-hybridized carbons (Fsp3) is 0.556. The quantitative estimate of drug-likeness (QED) is 0.125. The Hall–Kier alpha value is -5.25. The van der Waals surface area contributed by atoms with E-state index in [4.69, 9.17) is 9.47 Å². The molecule has 0 bridgehead atoms. The van der Waals surface area contributed by atoms with Crippen LogP contribution in [0.1, 0.15) is 118 Å². The van der Waals surface area contributed by atoms with E-state index in [1.807, 2.05) is 17.0 Å². The number of hydrogen-bond donors (Lipinski definition) is 1. The van der Waals surface area contributed by atoms with Crippen LogP contribution in [0.25, 0.3) is 16.6 Å². The average molecular weight is 953 g/mol. The molecular formula is C54H67F3N6O6. The molecule has 3 aliphatic heterocycles. The molecule has 3 amide bonds. The molecule has 2 unspecified atom stereocenters. The van der Waals surface area contributed by atoms with E-state index >= 15 is 0 Å². The highest BCUT2D eigenvalue weighted by molar-refractivity contribution is 6.01. The monoisotopic (exact) mass is 953 g/mol. The summed E-state index contributed by atoms with van der Waals surface area (Å²) < 4.78 is 58.6. The van der Waals surface area contributed by atoms with Crippen LogP contribution in [0.4, 0.5) is 13.2 Å². The number of aromatic nitrogens is 2. The van der Waals surface area contributed by atoms with Crippen LogP contribution >= 0.6 is 0 Å². The van der Waals surface area contributed by atoms with Crippen molar-refractivity contribution in [3.8, 4) is 5.75 Å². The number of halogens is 3. The van der Waals surface area contributed by atoms with Gasteiger partial charge in [-0.25, -0.2) is 4.79 Å². The van der Waals surface area contributed by atoms with Crippen molar-refractivity contribution in [1.82, 2.24) is 29.2 Å². The van der Waals surface area contributed by atoms with Gasteiger partial charge in [0.15, 0.2) is 0 Å². The predicted molar refractivity (Wildman–Crippen MR) is 259 cm³/mol. The van der Waals surface area contributed by atoms with Crippen LogP contribution in [-0.2, 0) is 33.3 Å². The Morgan fingerprint density at radius 3 is 2.28 bits per heavy atom. The van der Waals surface area contributed by atoms with Gasteiger partial charge in [0.05, 0.1) is 29.2 Å². The zero-order valence-corrected chi connectivity index (χ0v) is 40.5. The first-order chi connectivity index (χ1) is 32.9. The van der Waals surface area contributed by atoms with Gasteiger partial charge in [-0.05, 0) is 137 Å². The molecule has 370 valence electrons. The molecule has 3 atom stereocenters. The molecule has 4 fully saturated rings. The van der Waals surface area contributed by atoms with Crippen molar-refractivity contribution in [1.29, 1.82) is 0 Å². The number of amides is 3. The van der Waals surface area contributed by atoms with Gasteiger partial charge in [0, 0.05) is 76.9 Å². The number of allylic oxidation sites excluding steroid dienone is 2. The summed E-state index contributed by atoms with van der Waals surface area (Å²) in [6, 6.07) is 21.1. The van der Waals surface area contributed by atoms with E-state index in [0.717, 1.165) is 75.0 Å². The Morgan fingerprint density at radius 2 is 1.65 bits per heavy atom. The molecule has 69 heavy (non-hydrogen) atoms. The number of aryl methyl sites for hydroxylation is 1. The summed E-state index contributed by atoms with van der Waals surface area (Å²) in [5.41, 5.74) is 3.63. The molecule has 3 aromatic carbocycles. The summed E-state index contributed by atoms with van der Waals surface area (Å²) in [4.78, 5) is 57.7. The molecule has 15 heteroatoms. The standard InChI is InChI=1S/C54H67F3N6O6/c1-51(2)35-52(25-31-69-51,42-15-17-43(68-4)18-16-42)24-26-61(36-53(22-5-23-53)54(55,56)57)34-38-8-12-40(13-9-38)39-10-6-37(7-11-39)33-60-27-29-62(30-28-60)49(66)41-14-19-44-46(32-41)59(3)50(67)63(44)45-20-21-47(64)58-48(45)65/h8-10,12-19,32,37,45H,5-7,11,20-31,33-36H2,1-4H3,(H,58,64,65)/t37?,45?,52-/m1/s1. The zero-order valence-electron chi connectivity index (χ0n) is 40.5. The predicted octanol–water partition coefficient (Wildman–Crippen LogP) is 8.42. The summed E-state index contributed by atoms with van der Waals surface area (Å²) in [6.45, 7) is 9.49. The second-order valence-electron chi connectivity index (χ2n) is 21.2. The number of rotatable bonds is 14. The number of benzene rings is 3. The number of nitrogens with zero attached hydrogens (tertiary/aromatic N) is 5. The molecule has 4 heterocycles. The van der Waals surface area contributed by atoms with Crippen LogP contribution < -0.4 is 15.7 Å². The fourth-order valence-electron chi connectivity index (χ4n) is 12.0. The van der Waals surface area contributed by atoms with Gasteiger partial charge in [-0.15, -0.1) is 0 Å². The van der Waals surface area contributed by atoms with E-state index in [-0.39, 0.29) is 60.7 Å². The van der Waals surface area contributed by atoms with Crippen molar-refractivity contribution in [3.63, 3.8) is 0 Å². The molecule has 4 aromatic rings. The summed E-state index contributed by atoms with van der Waals surface area (Å²) in [5, 5.41) is 2.33. The second kappa shape index (κ2) is 19.5. The van der Waals surface area contributed by atoms with Crippen LogP contribution in [0, 0.1) is 11.3 Å². The van der Waals surface area contributed by atoms with Crippen molar-refractivity contribution < 1.29 is 37.0 Å². The first kappa shape index (κ1) is 48.8. The Balaban J connectivity index is 0.801. The highest BCUT2D eigenvalue weighted by Crippen LogP contribution is 2.54. The molecule has 12 nitrogen and oxygen atoms in total. The normalized spacial score (nSPS) is 24.2. The maximum absolute atomic E-state index is 14.7. The summed E-state index contributed by atoms with van der Waals surface area (Å²) in [5.74, 6) is 0.337. The third-order valence-corrected chi connectivity index (χ3v) is 16.2. The van der Waals surface area contributed by atoms with Gasteiger partial charge in [-0.1, -0.05) is 48.9 Å². The van der Waals surface area contributed by atoms with Crippen LogP contribution in [-0.4, -0.2) is 113 Å². The van der Waals surface area contributed by atoms with Crippen molar-refractivity contribution in [2.24, 2.45) is 18.4 Å². The smallest absolute Gasteiger partial charge is 0.395 e. The number of piperazine rings is 1. The maximum Gasteiger partial charge on any atom is 0.395 e. The minimum Gasteiger partial charge on any atom is -0.497 e. The number of carbonyl (C=O) groups is 3. The summed E-state index contributed by atoms with van der Waals surface area (Å²) in [6.07, 6.45) is 4.74. The van der Waals surface area contributed by atoms with Crippen molar-refractivity contribution in [2.45, 2.75) is 114 Å². The lowest BCUT2D eigenvalue weighted by molar-refractivity contribution is -0.256. The average Bonchev–Trinajstić information content (AvgIpc) is 3.56. The van der Waals surface area contributed by atoms with Gasteiger partial charge in [0.25, 0.3) is 5.91 Å². The van der Waals surface area contributed by atoms with Crippen LogP contribution in [0.2, 0.25) is 0 Å². The van der Waals surface area contributed by atoms with E-state index in [1.54, 1.807) is 32.4 Å². The number of imide groups is 1. The Labute approximate surface area is 402 Å². The van der Waals surface area contributed by atoms with Gasteiger partial charge in [0.1, 0.15) is 11.8 Å². The summed E-state index contributed by atoms with van der Waals surface area (Å²) in [7, 11) is 3.28. The highest BCUT2D eigenvalue weighted by atomic mass is 19.4. The largest absolute Gasteiger partial charge is 0.497 e. The molecule has 0 radical (unpaired) electrons. The number of carbonyl (C=O) groups excluding carboxylic acids is 3. The van der Waals surface area contributed by atoms with Crippen molar-refractivity contribution in [3.05, 3.63) is 106 Å². The highest BCUT2D eigenvalue weighted by Gasteiger charge is 2.58. The lowest BCUT2D eigenvalue weighted by Gasteiger charge is -2.48. The molecule has 1 aromatic heterocycles. The van der Waals surface area contributed by atoms with E-state index in [2.05, 4.69) is 71.4 Å². The number of methoxy groups -OCH3 is 1. The lowest BCUT2D eigenvalue weighted by Crippen LogP contribution is -2.52. The zero-order chi connectivity index (χ0) is 48.7. The van der Waals surface area contributed by atoms with Gasteiger partial charge < -0.3 is 14.4 Å². The molecule has 2 aliphatic carbocycles. The maximum atomic E-state index is 14.7. The number of piperidine rings is 1. The molecule has 3 saturated heterocycles. The van der Waals surface area contributed by atoms with Gasteiger partial charge in [-0.3, -0.25) is 38.6 Å². The number of nitrogens with one attached hydrogen (secondary N) is 1. The molecule has 1 saturated carbocycles. The molecule has 1 N–H and O–H groups in total. The molecule has 9 rings (SSSR count). The van der Waals surface area contributed by atoms with E-state index in [9.17, 15) is 32.3 Å². The Kier molecular flexibility index (Phi) is 13.8. The van der Waals surface area contributed by atoms with Gasteiger partial charge in [0.2, 0.25) is 11.8 Å². The number of alkyl halides is 3. The summed E-state index contributed by atoms with van der Waals surface area (Å²) >= 11 is 0. The Morgan fingerprint density at radius 1 is 0.913 bits per heavy atom. The minimum absolute atomic E-state index is 0.000993. The van der Waals surface area contributed by atoms with Crippen LogP contribution in [0.3, 0.4) is 0 Å². The third-order valence-electron chi connectivity index (χ3n) is 16.2. The third kappa shape index (κ3) is 10.2. The van der Waals surface area contributed by atoms with Gasteiger partial charge >= 0.3 is 11.9 Å². The van der Waals surface area contributed by atoms with Crippen LogP contribution in [0.15, 0.2) is 77.6 Å². The van der Waals surface area contributed by atoms with E-state index in [0.29, 0.717) is 61.7 Å². The van der Waals surface area contributed by atoms with Crippen LogP contribution in [0.5, 0.6) is 5.75 Å². The van der Waals surface area contributed by atoms with E-state index < -0.39 is 23.5 Å². The molecule has 0 spiro atoms. The minimum atomic E-state index is -4.25. The number of fused-ring (bicyclic) bond motifs is 1. The molecule has 5 aliphatic rings. The van der Waals surface area contributed by atoms with E-state index in [1.165, 1.54) is 20.3 Å². The number of imidazole rings is 1. The first-order valence-electron chi connectivity index (χ1n) is 24.9. The van der Waals surface area contributed by atoms with Crippen molar-refractivity contribution >= 4 is 34.3 Å².